The number of carbonyl (C=O) groups excluding carboxylic acids is 1. The number of hydrogen-bond acceptors (Lipinski definition) is 5. The van der Waals surface area contributed by atoms with E-state index in [9.17, 15) is 4.79 Å². The molecule has 5 rings (SSSR count). The van der Waals surface area contributed by atoms with Crippen LogP contribution >= 0.6 is 11.6 Å². The van der Waals surface area contributed by atoms with Gasteiger partial charge in [0.2, 0.25) is 0 Å². The Morgan fingerprint density at radius 3 is 2.44 bits per heavy atom. The summed E-state index contributed by atoms with van der Waals surface area (Å²) in [7, 11) is 1.69. The van der Waals surface area contributed by atoms with Gasteiger partial charge in [0, 0.05) is 37.6 Å². The van der Waals surface area contributed by atoms with Crippen LogP contribution in [0.2, 0.25) is 5.15 Å². The zero-order valence-electron chi connectivity index (χ0n) is 17.8. The van der Waals surface area contributed by atoms with Crippen molar-refractivity contribution in [3.05, 3.63) is 72.0 Å². The summed E-state index contributed by atoms with van der Waals surface area (Å²) < 4.78 is 1.91. The number of aromatic nitrogens is 4. The third-order valence-corrected chi connectivity index (χ3v) is 6.13. The minimum Gasteiger partial charge on any atom is -0.372 e. The average molecular weight is 447 g/mol. The number of amides is 1. The largest absolute Gasteiger partial charge is 0.372 e. The van der Waals surface area contributed by atoms with Crippen molar-refractivity contribution in [3.63, 3.8) is 0 Å². The first-order valence-corrected chi connectivity index (χ1v) is 11.1. The third-order valence-electron chi connectivity index (χ3n) is 5.90. The van der Waals surface area contributed by atoms with Crippen molar-refractivity contribution in [2.75, 3.05) is 29.9 Å². The van der Waals surface area contributed by atoms with Crippen LogP contribution in [0.15, 0.2) is 61.2 Å². The van der Waals surface area contributed by atoms with Crippen LogP contribution in [0.25, 0.3) is 16.9 Å². The first kappa shape index (κ1) is 20.5. The Kier molecular flexibility index (Phi) is 5.49. The molecule has 0 saturated carbocycles. The predicted octanol–water partition coefficient (Wildman–Crippen LogP) is 4.71. The summed E-state index contributed by atoms with van der Waals surface area (Å²) in [5, 5.41) is 0.378. The Labute approximate surface area is 191 Å². The molecule has 162 valence electrons. The van der Waals surface area contributed by atoms with E-state index < -0.39 is 0 Å². The molecule has 0 aliphatic carbocycles. The maximum absolute atomic E-state index is 13.0. The van der Waals surface area contributed by atoms with Crippen molar-refractivity contribution >= 4 is 34.5 Å². The van der Waals surface area contributed by atoms with Crippen LogP contribution in [0, 0.1) is 0 Å². The van der Waals surface area contributed by atoms with E-state index in [2.05, 4.69) is 44.1 Å². The third kappa shape index (κ3) is 3.91. The second-order valence-corrected chi connectivity index (χ2v) is 8.33. The highest BCUT2D eigenvalue weighted by atomic mass is 35.5. The molecule has 3 aromatic heterocycles. The maximum atomic E-state index is 13.0. The summed E-state index contributed by atoms with van der Waals surface area (Å²) in [5.41, 5.74) is 4.85. The fourth-order valence-electron chi connectivity index (χ4n) is 4.06. The van der Waals surface area contributed by atoms with Crippen molar-refractivity contribution in [2.24, 2.45) is 0 Å². The smallest absolute Gasteiger partial charge is 0.278 e. The first-order chi connectivity index (χ1) is 15.6. The van der Waals surface area contributed by atoms with E-state index in [0.717, 1.165) is 24.3 Å². The van der Waals surface area contributed by atoms with E-state index in [1.165, 1.54) is 29.8 Å². The molecule has 1 aliphatic heterocycles. The topological polar surface area (TPSA) is 66.6 Å². The van der Waals surface area contributed by atoms with E-state index >= 15 is 0 Å². The van der Waals surface area contributed by atoms with Gasteiger partial charge >= 0.3 is 0 Å². The van der Waals surface area contributed by atoms with Crippen LogP contribution in [-0.4, -0.2) is 45.4 Å². The average Bonchev–Trinajstić information content (AvgIpc) is 3.27. The molecule has 1 amide bonds. The van der Waals surface area contributed by atoms with Crippen LogP contribution in [0.1, 0.15) is 29.8 Å². The SMILES string of the molecule is CN(C(=O)c1cn2c(-c3ccc(N4CCCCC4)cc3)cnc2cn1)c1ccc(Cl)nc1. The summed E-state index contributed by atoms with van der Waals surface area (Å²) in [5.74, 6) is -0.240. The van der Waals surface area contributed by atoms with Gasteiger partial charge in [-0.2, -0.15) is 0 Å². The number of pyridine rings is 1. The molecule has 0 radical (unpaired) electrons. The number of carbonyl (C=O) groups is 1. The van der Waals surface area contributed by atoms with Crippen LogP contribution in [-0.2, 0) is 0 Å². The lowest BCUT2D eigenvalue weighted by Crippen LogP contribution is -2.29. The standard InChI is InChI=1S/C24H23ClN6O/c1-29(19-9-10-22(25)27-13-19)24(32)20-16-31-21(14-28-23(31)15-26-20)17-5-7-18(8-6-17)30-11-3-2-4-12-30/h5-10,13-16H,2-4,11-12H2,1H3. The Morgan fingerprint density at radius 2 is 1.72 bits per heavy atom. The van der Waals surface area contributed by atoms with Crippen LogP contribution in [0.4, 0.5) is 11.4 Å². The quantitative estimate of drug-likeness (QED) is 0.424. The van der Waals surface area contributed by atoms with E-state index in [4.69, 9.17) is 11.6 Å². The molecule has 1 aliphatic rings. The maximum Gasteiger partial charge on any atom is 0.278 e. The number of halogens is 1. The highest BCUT2D eigenvalue weighted by Crippen LogP contribution is 2.26. The summed E-state index contributed by atoms with van der Waals surface area (Å²) >= 11 is 5.86. The van der Waals surface area contributed by atoms with Gasteiger partial charge in [0.05, 0.1) is 30.0 Å². The van der Waals surface area contributed by atoms with Crippen LogP contribution in [0.3, 0.4) is 0 Å². The molecule has 0 unspecified atom stereocenters. The van der Waals surface area contributed by atoms with Gasteiger partial charge in [-0.3, -0.25) is 9.20 Å². The molecule has 0 atom stereocenters. The van der Waals surface area contributed by atoms with Gasteiger partial charge in [0.15, 0.2) is 5.65 Å². The van der Waals surface area contributed by atoms with E-state index in [-0.39, 0.29) is 5.91 Å². The van der Waals surface area contributed by atoms with Crippen molar-refractivity contribution in [1.82, 2.24) is 19.4 Å². The second kappa shape index (κ2) is 8.59. The number of nitrogens with zero attached hydrogens (tertiary/aromatic N) is 6. The Balaban J connectivity index is 1.43. The van der Waals surface area contributed by atoms with Crippen molar-refractivity contribution in [3.8, 4) is 11.3 Å². The second-order valence-electron chi connectivity index (χ2n) is 7.94. The molecular weight excluding hydrogens is 424 g/mol. The molecule has 1 aromatic carbocycles. The Bertz CT molecular complexity index is 1250. The zero-order valence-corrected chi connectivity index (χ0v) is 18.5. The highest BCUT2D eigenvalue weighted by molar-refractivity contribution is 6.29. The number of benzene rings is 1. The number of fused-ring (bicyclic) bond motifs is 1. The summed E-state index contributed by atoms with van der Waals surface area (Å²) in [6.07, 6.45) is 10.5. The Morgan fingerprint density at radius 1 is 0.938 bits per heavy atom. The van der Waals surface area contributed by atoms with Gasteiger partial charge in [-0.05, 0) is 43.5 Å². The van der Waals surface area contributed by atoms with Gasteiger partial charge in [-0.1, -0.05) is 23.7 Å². The van der Waals surface area contributed by atoms with Crippen molar-refractivity contribution in [1.29, 1.82) is 0 Å². The molecule has 4 aromatic rings. The minimum atomic E-state index is -0.240. The minimum absolute atomic E-state index is 0.240. The molecule has 0 N–H and O–H groups in total. The Hall–Kier alpha value is -3.45. The van der Waals surface area contributed by atoms with E-state index in [0.29, 0.717) is 22.2 Å². The predicted molar refractivity (Wildman–Crippen MR) is 126 cm³/mol. The molecule has 8 heteroatoms. The fourth-order valence-corrected chi connectivity index (χ4v) is 4.18. The molecule has 4 heterocycles. The summed E-state index contributed by atoms with van der Waals surface area (Å²) in [6.45, 7) is 2.23. The monoisotopic (exact) mass is 446 g/mol. The molecule has 0 spiro atoms. The van der Waals surface area contributed by atoms with E-state index in [1.807, 2.05) is 10.6 Å². The summed E-state index contributed by atoms with van der Waals surface area (Å²) in [6, 6.07) is 11.9. The number of hydrogen-bond donors (Lipinski definition) is 0. The first-order valence-electron chi connectivity index (χ1n) is 10.7. The molecule has 7 nitrogen and oxygen atoms in total. The fraction of sp³-hybridized carbons (Fsp3) is 0.250. The highest BCUT2D eigenvalue weighted by Gasteiger charge is 2.18. The van der Waals surface area contributed by atoms with Crippen molar-refractivity contribution in [2.45, 2.75) is 19.3 Å². The molecule has 0 bridgehead atoms. The normalized spacial score (nSPS) is 14.0. The molecular formula is C24H23ClN6O. The van der Waals surface area contributed by atoms with Crippen LogP contribution in [0.5, 0.6) is 0 Å². The number of piperidine rings is 1. The molecule has 1 saturated heterocycles. The van der Waals surface area contributed by atoms with Gasteiger partial charge in [0.25, 0.3) is 5.91 Å². The molecule has 1 fully saturated rings. The lowest BCUT2D eigenvalue weighted by molar-refractivity contribution is 0.0987. The van der Waals surface area contributed by atoms with Crippen molar-refractivity contribution < 1.29 is 4.79 Å². The van der Waals surface area contributed by atoms with E-state index in [1.54, 1.807) is 37.8 Å². The zero-order chi connectivity index (χ0) is 22.1. The van der Waals surface area contributed by atoms with Gasteiger partial charge in [0.1, 0.15) is 10.8 Å². The van der Waals surface area contributed by atoms with Gasteiger partial charge in [-0.25, -0.2) is 15.0 Å². The number of anilines is 2. The molecule has 32 heavy (non-hydrogen) atoms. The van der Waals surface area contributed by atoms with Gasteiger partial charge in [-0.15, -0.1) is 0 Å². The number of rotatable bonds is 4. The summed E-state index contributed by atoms with van der Waals surface area (Å²) in [4.78, 5) is 29.8. The van der Waals surface area contributed by atoms with Gasteiger partial charge < -0.3 is 9.80 Å². The number of imidazole rings is 1. The lowest BCUT2D eigenvalue weighted by Gasteiger charge is -2.28. The van der Waals surface area contributed by atoms with Crippen LogP contribution < -0.4 is 9.80 Å². The lowest BCUT2D eigenvalue weighted by atomic mass is 10.1.